The lowest BCUT2D eigenvalue weighted by molar-refractivity contribution is -0.385. The number of rotatable bonds is 5. The van der Waals surface area contributed by atoms with Crippen LogP contribution in [0.5, 0.6) is 0 Å². The van der Waals surface area contributed by atoms with Gasteiger partial charge in [0, 0.05) is 6.07 Å². The Bertz CT molecular complexity index is 1120. The molecule has 1 amide bonds. The van der Waals surface area contributed by atoms with Crippen molar-refractivity contribution in [3.8, 4) is 10.8 Å². The molecule has 1 N–H and O–H groups in total. The van der Waals surface area contributed by atoms with E-state index in [9.17, 15) is 14.9 Å². The summed E-state index contributed by atoms with van der Waals surface area (Å²) in [5.41, 5.74) is 0.685. The first-order valence-corrected chi connectivity index (χ1v) is 8.90. The summed E-state index contributed by atoms with van der Waals surface area (Å²) < 4.78 is 6.83. The molecule has 134 valence electrons. The predicted molar refractivity (Wildman–Crippen MR) is 102 cm³/mol. The van der Waals surface area contributed by atoms with Crippen LogP contribution in [-0.4, -0.2) is 15.8 Å². The van der Waals surface area contributed by atoms with Crippen LogP contribution in [0.25, 0.3) is 21.0 Å². The second-order valence-electron chi connectivity index (χ2n) is 5.71. The van der Waals surface area contributed by atoms with Crippen LogP contribution in [-0.2, 0) is 6.54 Å². The Kier molecular flexibility index (Phi) is 4.39. The fraction of sp³-hybridized carbons (Fsp3) is 0.0526. The van der Waals surface area contributed by atoms with Gasteiger partial charge in [-0.2, -0.15) is 0 Å². The van der Waals surface area contributed by atoms with Crippen molar-refractivity contribution in [2.24, 2.45) is 0 Å². The zero-order valence-corrected chi connectivity index (χ0v) is 14.7. The number of hydrogen-bond acceptors (Lipinski definition) is 6. The van der Waals surface area contributed by atoms with E-state index in [4.69, 9.17) is 4.42 Å². The fourth-order valence-corrected chi connectivity index (χ4v) is 3.58. The molecule has 0 spiro atoms. The molecule has 8 heteroatoms. The number of nitrogens with one attached hydrogen (secondary N) is 1. The zero-order valence-electron chi connectivity index (χ0n) is 13.9. The average molecular weight is 379 g/mol. The third-order valence-electron chi connectivity index (χ3n) is 3.93. The Labute approximate surface area is 157 Å². The minimum absolute atomic E-state index is 0.0143. The second-order valence-corrected chi connectivity index (χ2v) is 6.74. The lowest BCUT2D eigenvalue weighted by atomic mass is 10.1. The van der Waals surface area contributed by atoms with E-state index in [1.54, 1.807) is 18.2 Å². The molecule has 2 heterocycles. The highest BCUT2D eigenvalue weighted by atomic mass is 32.1. The average Bonchev–Trinajstić information content (AvgIpc) is 3.32. The highest BCUT2D eigenvalue weighted by Gasteiger charge is 2.19. The summed E-state index contributed by atoms with van der Waals surface area (Å²) in [7, 11) is 0. The van der Waals surface area contributed by atoms with E-state index >= 15 is 0 Å². The maximum absolute atomic E-state index is 12.3. The zero-order chi connectivity index (χ0) is 18.8. The Morgan fingerprint density at radius 3 is 2.70 bits per heavy atom. The van der Waals surface area contributed by atoms with Gasteiger partial charge in [0.1, 0.15) is 11.3 Å². The molecule has 0 saturated heterocycles. The minimum Gasteiger partial charge on any atom is -0.457 e. The molecule has 0 atom stereocenters. The number of furan rings is 1. The van der Waals surface area contributed by atoms with Crippen LogP contribution in [0.15, 0.2) is 65.1 Å². The third-order valence-corrected chi connectivity index (χ3v) is 4.99. The molecule has 0 aliphatic rings. The van der Waals surface area contributed by atoms with Crippen molar-refractivity contribution in [3.63, 3.8) is 0 Å². The van der Waals surface area contributed by atoms with Crippen molar-refractivity contribution in [2.45, 2.75) is 6.54 Å². The number of nitrogens with zero attached hydrogens (tertiary/aromatic N) is 2. The van der Waals surface area contributed by atoms with E-state index in [1.807, 2.05) is 24.3 Å². The third kappa shape index (κ3) is 3.42. The van der Waals surface area contributed by atoms with Gasteiger partial charge < -0.3 is 9.73 Å². The largest absolute Gasteiger partial charge is 0.457 e. The number of carbonyl (C=O) groups is 1. The second kappa shape index (κ2) is 7.00. The van der Waals surface area contributed by atoms with Gasteiger partial charge in [-0.05, 0) is 30.3 Å². The number of carbonyl (C=O) groups excluding carboxylic acids is 1. The lowest BCUT2D eigenvalue weighted by Crippen LogP contribution is -2.23. The first-order valence-electron chi connectivity index (χ1n) is 8.08. The van der Waals surface area contributed by atoms with Gasteiger partial charge >= 0.3 is 0 Å². The van der Waals surface area contributed by atoms with Crippen LogP contribution >= 0.6 is 11.3 Å². The van der Waals surface area contributed by atoms with Crippen LogP contribution in [0.4, 0.5) is 5.69 Å². The van der Waals surface area contributed by atoms with Gasteiger partial charge in [-0.15, -0.1) is 11.3 Å². The molecule has 2 aromatic carbocycles. The van der Waals surface area contributed by atoms with E-state index in [0.29, 0.717) is 11.5 Å². The smallest absolute Gasteiger partial charge is 0.282 e. The minimum atomic E-state index is -0.576. The molecular formula is C19H13N3O4S. The molecule has 7 nitrogen and oxygen atoms in total. The first kappa shape index (κ1) is 16.9. The molecule has 27 heavy (non-hydrogen) atoms. The number of hydrogen-bond donors (Lipinski definition) is 1. The molecule has 0 bridgehead atoms. The molecular weight excluding hydrogens is 366 g/mol. The SMILES string of the molecule is O=C(NCc1ccc(-c2nc3ccccc3s2)o1)c1ccccc1[N+](=O)[O-]. The molecule has 0 unspecified atom stereocenters. The summed E-state index contributed by atoms with van der Waals surface area (Å²) in [6.45, 7) is 0.121. The number of fused-ring (bicyclic) bond motifs is 1. The summed E-state index contributed by atoms with van der Waals surface area (Å²) in [4.78, 5) is 27.3. The van der Waals surface area contributed by atoms with Crippen molar-refractivity contribution < 1.29 is 14.1 Å². The molecule has 4 rings (SSSR count). The van der Waals surface area contributed by atoms with Gasteiger partial charge in [0.2, 0.25) is 0 Å². The fourth-order valence-electron chi connectivity index (χ4n) is 2.65. The number of amides is 1. The van der Waals surface area contributed by atoms with Crippen LogP contribution in [0.2, 0.25) is 0 Å². The summed E-state index contributed by atoms with van der Waals surface area (Å²) in [6.07, 6.45) is 0. The number of nitro groups is 1. The van der Waals surface area contributed by atoms with Crippen LogP contribution in [0, 0.1) is 10.1 Å². The van der Waals surface area contributed by atoms with E-state index in [1.165, 1.54) is 29.5 Å². The van der Waals surface area contributed by atoms with Gasteiger partial charge in [0.15, 0.2) is 10.8 Å². The molecule has 0 aliphatic heterocycles. The van der Waals surface area contributed by atoms with Gasteiger partial charge in [0.25, 0.3) is 11.6 Å². The molecule has 0 saturated carbocycles. The molecule has 2 aromatic heterocycles. The number of benzene rings is 2. The van der Waals surface area contributed by atoms with Crippen molar-refractivity contribution >= 4 is 33.1 Å². The van der Waals surface area contributed by atoms with Crippen molar-refractivity contribution in [1.82, 2.24) is 10.3 Å². The predicted octanol–water partition coefficient (Wildman–Crippen LogP) is 4.39. The van der Waals surface area contributed by atoms with Gasteiger partial charge in [-0.3, -0.25) is 14.9 Å². The standard InChI is InChI=1S/C19H13N3O4S/c23-18(13-5-1-3-7-15(13)22(24)25)20-11-12-9-10-16(26-12)19-21-14-6-2-4-8-17(14)27-19/h1-10H,11H2,(H,20,23). The summed E-state index contributed by atoms with van der Waals surface area (Å²) in [5.74, 6) is 0.627. The number of nitro benzene ring substituents is 1. The highest BCUT2D eigenvalue weighted by molar-refractivity contribution is 7.21. The maximum Gasteiger partial charge on any atom is 0.282 e. The van der Waals surface area contributed by atoms with Gasteiger partial charge in [-0.25, -0.2) is 4.98 Å². The topological polar surface area (TPSA) is 98.3 Å². The Balaban J connectivity index is 1.48. The van der Waals surface area contributed by atoms with E-state index in [2.05, 4.69) is 10.3 Å². The first-order chi connectivity index (χ1) is 13.1. The molecule has 0 radical (unpaired) electrons. The Morgan fingerprint density at radius 1 is 1.11 bits per heavy atom. The quantitative estimate of drug-likeness (QED) is 0.409. The van der Waals surface area contributed by atoms with E-state index in [0.717, 1.165) is 15.2 Å². The molecule has 0 fully saturated rings. The monoisotopic (exact) mass is 379 g/mol. The summed E-state index contributed by atoms with van der Waals surface area (Å²) in [6, 6.07) is 17.2. The Hall–Kier alpha value is -3.52. The normalized spacial score (nSPS) is 10.8. The number of thiazole rings is 1. The Morgan fingerprint density at radius 2 is 1.89 bits per heavy atom. The lowest BCUT2D eigenvalue weighted by Gasteiger charge is -2.04. The van der Waals surface area contributed by atoms with Gasteiger partial charge in [0.05, 0.1) is 21.7 Å². The van der Waals surface area contributed by atoms with Crippen LogP contribution in [0.1, 0.15) is 16.1 Å². The van der Waals surface area contributed by atoms with E-state index in [-0.39, 0.29) is 17.8 Å². The molecule has 0 aliphatic carbocycles. The maximum atomic E-state index is 12.3. The van der Waals surface area contributed by atoms with Crippen molar-refractivity contribution in [3.05, 3.63) is 82.1 Å². The van der Waals surface area contributed by atoms with Gasteiger partial charge in [-0.1, -0.05) is 24.3 Å². The highest BCUT2D eigenvalue weighted by Crippen LogP contribution is 2.31. The van der Waals surface area contributed by atoms with Crippen molar-refractivity contribution in [1.29, 1.82) is 0 Å². The number of para-hydroxylation sites is 2. The molecule has 4 aromatic rings. The van der Waals surface area contributed by atoms with Crippen LogP contribution < -0.4 is 5.32 Å². The number of aromatic nitrogens is 1. The summed E-state index contributed by atoms with van der Waals surface area (Å²) in [5, 5.41) is 14.4. The summed E-state index contributed by atoms with van der Waals surface area (Å²) >= 11 is 1.52. The van der Waals surface area contributed by atoms with Crippen LogP contribution in [0.3, 0.4) is 0 Å². The van der Waals surface area contributed by atoms with E-state index < -0.39 is 10.8 Å². The van der Waals surface area contributed by atoms with Crippen molar-refractivity contribution in [2.75, 3.05) is 0 Å².